The number of ether oxygens (including phenoxy) is 1. The number of aliphatic carboxylic acids is 1. The maximum absolute atomic E-state index is 13.4. The smallest absolute Gasteiger partial charge is 0.475 e. The molecule has 4 aromatic rings. The van der Waals surface area contributed by atoms with Crippen LogP contribution in [0.4, 0.5) is 13.2 Å². The van der Waals surface area contributed by atoms with Crippen LogP contribution in [0.5, 0.6) is 0 Å². The van der Waals surface area contributed by atoms with E-state index in [0.29, 0.717) is 25.4 Å². The molecule has 0 radical (unpaired) electrons. The number of halogens is 3. The van der Waals surface area contributed by atoms with E-state index in [1.807, 2.05) is 31.3 Å². The third-order valence-electron chi connectivity index (χ3n) is 5.72. The van der Waals surface area contributed by atoms with Crippen molar-refractivity contribution in [3.05, 3.63) is 66.1 Å². The van der Waals surface area contributed by atoms with Crippen LogP contribution in [0.25, 0.3) is 21.9 Å². The summed E-state index contributed by atoms with van der Waals surface area (Å²) >= 11 is 0. The van der Waals surface area contributed by atoms with Gasteiger partial charge in [0.1, 0.15) is 5.69 Å². The molecule has 198 valence electrons. The summed E-state index contributed by atoms with van der Waals surface area (Å²) in [6.07, 6.45) is -3.33. The van der Waals surface area contributed by atoms with Gasteiger partial charge in [0.25, 0.3) is 5.91 Å². The van der Waals surface area contributed by atoms with E-state index in [1.54, 1.807) is 18.2 Å². The van der Waals surface area contributed by atoms with E-state index in [0.717, 1.165) is 22.1 Å². The second-order valence-corrected chi connectivity index (χ2v) is 8.67. The fourth-order valence-corrected chi connectivity index (χ4v) is 4.17. The number of nitrogens with zero attached hydrogens (tertiary/aromatic N) is 4. The molecule has 0 spiro atoms. The fraction of sp³-hybridized carbons (Fsp3) is 0.346. The van der Waals surface area contributed by atoms with Gasteiger partial charge in [-0.05, 0) is 38.1 Å². The number of carbonyl (C=O) groups excluding carboxylic acids is 1. The van der Waals surface area contributed by atoms with Crippen LogP contribution in [0, 0.1) is 0 Å². The lowest BCUT2D eigenvalue weighted by atomic mass is 10.2. The van der Waals surface area contributed by atoms with Crippen LogP contribution >= 0.6 is 0 Å². The van der Waals surface area contributed by atoms with E-state index >= 15 is 0 Å². The summed E-state index contributed by atoms with van der Waals surface area (Å²) < 4.78 is 41.5. The van der Waals surface area contributed by atoms with Crippen LogP contribution in [0.2, 0.25) is 0 Å². The van der Waals surface area contributed by atoms with E-state index in [1.165, 1.54) is 5.52 Å². The zero-order chi connectivity index (χ0) is 27.3. The molecule has 37 heavy (non-hydrogen) atoms. The molecular weight excluding hydrogens is 489 g/mol. The predicted octanol–water partition coefficient (Wildman–Crippen LogP) is 5.12. The summed E-state index contributed by atoms with van der Waals surface area (Å²) in [6, 6.07) is 16.4. The van der Waals surface area contributed by atoms with Crippen LogP contribution in [-0.4, -0.2) is 62.9 Å². The van der Waals surface area contributed by atoms with Gasteiger partial charge < -0.3 is 23.9 Å². The quantitative estimate of drug-likeness (QED) is 0.367. The molecule has 3 heterocycles. The lowest BCUT2D eigenvalue weighted by Crippen LogP contribution is -2.29. The zero-order valence-electron chi connectivity index (χ0n) is 21.0. The lowest BCUT2D eigenvalue weighted by molar-refractivity contribution is -0.192. The predicted molar refractivity (Wildman–Crippen MR) is 133 cm³/mol. The van der Waals surface area contributed by atoms with Crippen molar-refractivity contribution in [2.75, 3.05) is 20.8 Å². The van der Waals surface area contributed by atoms with Gasteiger partial charge in [-0.3, -0.25) is 9.78 Å². The highest BCUT2D eigenvalue weighted by molar-refractivity contribution is 6.10. The fourth-order valence-electron chi connectivity index (χ4n) is 4.17. The van der Waals surface area contributed by atoms with E-state index in [-0.39, 0.29) is 11.9 Å². The second-order valence-electron chi connectivity index (χ2n) is 8.67. The first kappa shape index (κ1) is 27.7. The van der Waals surface area contributed by atoms with Gasteiger partial charge in [-0.2, -0.15) is 13.2 Å². The van der Waals surface area contributed by atoms with Crippen LogP contribution in [0.15, 0.2) is 54.7 Å². The maximum Gasteiger partial charge on any atom is 0.490 e. The Morgan fingerprint density at radius 3 is 2.32 bits per heavy atom. The normalized spacial score (nSPS) is 11.6. The maximum atomic E-state index is 13.4. The molecule has 0 atom stereocenters. The van der Waals surface area contributed by atoms with Crippen LogP contribution < -0.4 is 0 Å². The molecule has 0 aliphatic heterocycles. The molecule has 8 nitrogen and oxygen atoms in total. The largest absolute Gasteiger partial charge is 0.490 e. The third-order valence-corrected chi connectivity index (χ3v) is 5.72. The number of carbonyl (C=O) groups is 2. The number of hydrogen-bond acceptors (Lipinski definition) is 4. The van der Waals surface area contributed by atoms with Crippen molar-refractivity contribution in [2.24, 2.45) is 0 Å². The summed E-state index contributed by atoms with van der Waals surface area (Å²) in [7, 11) is 3.51. The molecule has 0 aliphatic carbocycles. The molecule has 1 amide bonds. The number of rotatable bonds is 7. The number of methoxy groups -OCH3 is 1. The number of amides is 1. The van der Waals surface area contributed by atoms with E-state index in [2.05, 4.69) is 52.2 Å². The first-order valence-corrected chi connectivity index (χ1v) is 11.5. The highest BCUT2D eigenvalue weighted by atomic mass is 19.4. The van der Waals surface area contributed by atoms with Crippen molar-refractivity contribution in [3.8, 4) is 0 Å². The highest BCUT2D eigenvalue weighted by Crippen LogP contribution is 2.34. The minimum absolute atomic E-state index is 0.0210. The molecule has 0 aliphatic rings. The number of benzene rings is 1. The number of carboxylic acids is 1. The molecule has 0 fully saturated rings. The van der Waals surface area contributed by atoms with Gasteiger partial charge in [0.15, 0.2) is 0 Å². The minimum atomic E-state index is -5.08. The Hall–Kier alpha value is -3.86. The van der Waals surface area contributed by atoms with Crippen LogP contribution in [0.1, 0.15) is 36.1 Å². The van der Waals surface area contributed by atoms with Gasteiger partial charge in [0.05, 0.1) is 35.4 Å². The molecular formula is C26H29F3N4O4. The Morgan fingerprint density at radius 2 is 1.76 bits per heavy atom. The average molecular weight is 519 g/mol. The Labute approximate surface area is 211 Å². The standard InChI is InChI=1S/C24H28N4O2.C2HF3O2/c1-17(2)28-20-11-6-5-10-19(20)23-21(28)15-22(27(23)13-14-30-4)24(29)26(3)16-18-9-7-8-12-25-18;3-2(4,5)1(6)7/h5-12,15,17H,13-14,16H2,1-4H3;(H,6,7). The topological polar surface area (TPSA) is 89.6 Å². The molecule has 1 aromatic carbocycles. The SMILES string of the molecule is COCCn1c(C(=O)N(C)Cc2ccccn2)cc2c1c1ccccc1n2C(C)C.O=C(O)C(F)(F)F. The monoisotopic (exact) mass is 518 g/mol. The molecule has 0 saturated carbocycles. The molecule has 0 saturated heterocycles. The van der Waals surface area contributed by atoms with Gasteiger partial charge in [-0.15, -0.1) is 0 Å². The van der Waals surface area contributed by atoms with Crippen molar-refractivity contribution in [3.63, 3.8) is 0 Å². The number of alkyl halides is 3. The zero-order valence-corrected chi connectivity index (χ0v) is 21.0. The van der Waals surface area contributed by atoms with Crippen molar-refractivity contribution in [2.45, 2.75) is 39.2 Å². The van der Waals surface area contributed by atoms with Crippen molar-refractivity contribution in [1.82, 2.24) is 19.0 Å². The van der Waals surface area contributed by atoms with Gasteiger partial charge in [-0.25, -0.2) is 4.79 Å². The summed E-state index contributed by atoms with van der Waals surface area (Å²) in [5.74, 6) is -2.78. The van der Waals surface area contributed by atoms with Crippen LogP contribution in [-0.2, 0) is 22.6 Å². The molecule has 1 N–H and O–H groups in total. The Kier molecular flexibility index (Phi) is 8.59. The average Bonchev–Trinajstić information content (AvgIpc) is 3.37. The summed E-state index contributed by atoms with van der Waals surface area (Å²) in [5.41, 5.74) is 4.90. The first-order valence-electron chi connectivity index (χ1n) is 11.5. The highest BCUT2D eigenvalue weighted by Gasteiger charge is 2.38. The van der Waals surface area contributed by atoms with Gasteiger partial charge in [-0.1, -0.05) is 24.3 Å². The van der Waals surface area contributed by atoms with Gasteiger partial charge in [0, 0.05) is 38.3 Å². The Balaban J connectivity index is 0.000000479. The van der Waals surface area contributed by atoms with Crippen molar-refractivity contribution >= 4 is 33.8 Å². The molecule has 11 heteroatoms. The van der Waals surface area contributed by atoms with E-state index in [4.69, 9.17) is 14.6 Å². The molecule has 4 rings (SSSR count). The number of pyridine rings is 1. The number of aromatic nitrogens is 3. The molecule has 0 unspecified atom stereocenters. The second kappa shape index (κ2) is 11.5. The number of hydrogen-bond donors (Lipinski definition) is 1. The Morgan fingerprint density at radius 1 is 1.11 bits per heavy atom. The number of fused-ring (bicyclic) bond motifs is 3. The van der Waals surface area contributed by atoms with E-state index in [9.17, 15) is 18.0 Å². The van der Waals surface area contributed by atoms with Gasteiger partial charge >= 0.3 is 12.1 Å². The molecule has 0 bridgehead atoms. The van der Waals surface area contributed by atoms with E-state index < -0.39 is 12.1 Å². The number of para-hydroxylation sites is 1. The van der Waals surface area contributed by atoms with Crippen molar-refractivity contribution in [1.29, 1.82) is 0 Å². The third kappa shape index (κ3) is 6.11. The summed E-state index contributed by atoms with van der Waals surface area (Å²) in [4.78, 5) is 28.4. The molecule has 3 aromatic heterocycles. The van der Waals surface area contributed by atoms with Gasteiger partial charge in [0.2, 0.25) is 0 Å². The first-order chi connectivity index (χ1) is 17.5. The summed E-state index contributed by atoms with van der Waals surface area (Å²) in [5, 5.41) is 8.28. The minimum Gasteiger partial charge on any atom is -0.475 e. The lowest BCUT2D eigenvalue weighted by Gasteiger charge is -2.18. The number of carboxylic acid groups (broad SMARTS) is 1. The van der Waals surface area contributed by atoms with Crippen LogP contribution in [0.3, 0.4) is 0 Å². The Bertz CT molecular complexity index is 1380. The summed E-state index contributed by atoms with van der Waals surface area (Å²) in [6.45, 7) is 5.96. The van der Waals surface area contributed by atoms with Crippen molar-refractivity contribution < 1.29 is 32.6 Å².